The van der Waals surface area contributed by atoms with Crippen LogP contribution in [0.2, 0.25) is 0 Å². The van der Waals surface area contributed by atoms with Crippen molar-refractivity contribution in [3.8, 4) is 11.3 Å². The van der Waals surface area contributed by atoms with Crippen molar-refractivity contribution in [3.05, 3.63) is 65.4 Å². The third-order valence-corrected chi connectivity index (χ3v) is 5.83. The van der Waals surface area contributed by atoms with Crippen molar-refractivity contribution in [2.45, 2.75) is 20.4 Å². The predicted octanol–water partition coefficient (Wildman–Crippen LogP) is 4.16. The van der Waals surface area contributed by atoms with E-state index in [1.165, 1.54) is 22.3 Å². The number of aromatic nitrogens is 3. The van der Waals surface area contributed by atoms with Gasteiger partial charge >= 0.3 is 0 Å². The van der Waals surface area contributed by atoms with E-state index in [4.69, 9.17) is 4.42 Å². The van der Waals surface area contributed by atoms with E-state index in [0.717, 1.165) is 55.5 Å². The molecular weight excluding hydrogens is 362 g/mol. The predicted molar refractivity (Wildman–Crippen MR) is 115 cm³/mol. The molecule has 0 spiro atoms. The number of H-pyrrole nitrogens is 1. The number of hydrogen-bond acceptors (Lipinski definition) is 5. The second-order valence-electron chi connectivity index (χ2n) is 7.80. The second kappa shape index (κ2) is 7.37. The van der Waals surface area contributed by atoms with E-state index in [-0.39, 0.29) is 0 Å². The van der Waals surface area contributed by atoms with Crippen molar-refractivity contribution >= 4 is 17.1 Å². The van der Waals surface area contributed by atoms with Gasteiger partial charge in [0.15, 0.2) is 5.58 Å². The molecule has 6 nitrogen and oxygen atoms in total. The third-order valence-electron chi connectivity index (χ3n) is 5.83. The lowest BCUT2D eigenvalue weighted by atomic mass is 10.0. The topological polar surface area (TPSA) is 61.2 Å². The van der Waals surface area contributed by atoms with Gasteiger partial charge in [0.25, 0.3) is 6.01 Å². The van der Waals surface area contributed by atoms with Gasteiger partial charge in [-0.15, -0.1) is 0 Å². The Morgan fingerprint density at radius 3 is 2.62 bits per heavy atom. The highest BCUT2D eigenvalue weighted by Crippen LogP contribution is 2.26. The summed E-state index contributed by atoms with van der Waals surface area (Å²) in [5, 5.41) is 7.51. The van der Waals surface area contributed by atoms with Crippen LogP contribution in [0.3, 0.4) is 0 Å². The minimum Gasteiger partial charge on any atom is -0.423 e. The van der Waals surface area contributed by atoms with Gasteiger partial charge in [0.1, 0.15) is 5.52 Å². The molecule has 2 aromatic carbocycles. The van der Waals surface area contributed by atoms with Crippen molar-refractivity contribution in [1.29, 1.82) is 0 Å². The molecule has 0 radical (unpaired) electrons. The monoisotopic (exact) mass is 387 g/mol. The van der Waals surface area contributed by atoms with Crippen molar-refractivity contribution in [2.75, 3.05) is 31.1 Å². The van der Waals surface area contributed by atoms with E-state index in [1.54, 1.807) is 0 Å². The van der Waals surface area contributed by atoms with Crippen LogP contribution in [0, 0.1) is 13.8 Å². The molecule has 0 unspecified atom stereocenters. The Hall–Kier alpha value is -3.12. The molecule has 1 aliphatic rings. The van der Waals surface area contributed by atoms with Crippen LogP contribution in [0.15, 0.2) is 53.1 Å². The number of fused-ring (bicyclic) bond motifs is 1. The first-order valence-corrected chi connectivity index (χ1v) is 10.1. The zero-order valence-electron chi connectivity index (χ0n) is 16.9. The normalized spacial score (nSPS) is 15.3. The van der Waals surface area contributed by atoms with E-state index in [1.807, 2.05) is 30.5 Å². The highest BCUT2D eigenvalue weighted by molar-refractivity contribution is 5.74. The van der Waals surface area contributed by atoms with Gasteiger partial charge in [0.05, 0.1) is 11.9 Å². The fourth-order valence-corrected chi connectivity index (χ4v) is 3.91. The number of rotatable bonds is 4. The third kappa shape index (κ3) is 3.51. The number of piperazine rings is 1. The first-order valence-electron chi connectivity index (χ1n) is 10.1. The summed E-state index contributed by atoms with van der Waals surface area (Å²) >= 11 is 0. The molecule has 0 saturated carbocycles. The minimum absolute atomic E-state index is 0.727. The van der Waals surface area contributed by atoms with Gasteiger partial charge in [0, 0.05) is 43.9 Å². The molecule has 0 bridgehead atoms. The number of hydrogen-bond donors (Lipinski definition) is 1. The van der Waals surface area contributed by atoms with Crippen LogP contribution in [-0.2, 0) is 6.54 Å². The summed E-state index contributed by atoms with van der Waals surface area (Å²) in [6.45, 7) is 8.93. The molecule has 1 saturated heterocycles. The average Bonchev–Trinajstić information content (AvgIpc) is 3.37. The van der Waals surface area contributed by atoms with E-state index in [0.29, 0.717) is 0 Å². The molecule has 148 valence electrons. The maximum Gasteiger partial charge on any atom is 0.298 e. The number of nitrogens with one attached hydrogen (secondary N) is 1. The maximum absolute atomic E-state index is 5.93. The van der Waals surface area contributed by atoms with Gasteiger partial charge < -0.3 is 9.32 Å². The highest BCUT2D eigenvalue weighted by atomic mass is 16.4. The summed E-state index contributed by atoms with van der Waals surface area (Å²) in [6, 6.07) is 15.2. The largest absolute Gasteiger partial charge is 0.423 e. The molecule has 0 amide bonds. The highest BCUT2D eigenvalue weighted by Gasteiger charge is 2.22. The van der Waals surface area contributed by atoms with Gasteiger partial charge in [0.2, 0.25) is 0 Å². The summed E-state index contributed by atoms with van der Waals surface area (Å²) in [7, 11) is 0. The molecule has 2 aromatic heterocycles. The van der Waals surface area contributed by atoms with Gasteiger partial charge in [-0.1, -0.05) is 24.3 Å². The Kier molecular flexibility index (Phi) is 4.56. The fourth-order valence-electron chi connectivity index (χ4n) is 3.91. The van der Waals surface area contributed by atoms with Gasteiger partial charge in [-0.2, -0.15) is 10.1 Å². The first kappa shape index (κ1) is 17.9. The molecule has 0 aliphatic carbocycles. The Balaban J connectivity index is 1.27. The lowest BCUT2D eigenvalue weighted by Gasteiger charge is -2.33. The van der Waals surface area contributed by atoms with E-state index in [9.17, 15) is 0 Å². The van der Waals surface area contributed by atoms with Crippen LogP contribution in [0.4, 0.5) is 6.01 Å². The smallest absolute Gasteiger partial charge is 0.298 e. The molecule has 4 aromatic rings. The summed E-state index contributed by atoms with van der Waals surface area (Å²) in [5.41, 5.74) is 7.94. The summed E-state index contributed by atoms with van der Waals surface area (Å²) in [6.07, 6.45) is 1.96. The van der Waals surface area contributed by atoms with E-state index < -0.39 is 0 Å². The molecular formula is C23H25N5O. The number of oxazole rings is 1. The standard InChI is InChI=1S/C23H25N5O/c1-16-7-8-18(13-17(16)2)22-19(14-24-26-22)15-27-9-11-28(12-10-27)23-25-20-5-3-4-6-21(20)29-23/h3-8,13-14H,9-12,15H2,1-2H3,(H,24,26). The van der Waals surface area contributed by atoms with Crippen LogP contribution in [-0.4, -0.2) is 46.3 Å². The fraction of sp³-hybridized carbons (Fsp3) is 0.304. The Morgan fingerprint density at radius 2 is 1.83 bits per heavy atom. The molecule has 1 fully saturated rings. The SMILES string of the molecule is Cc1ccc(-c2[nH]ncc2CN2CCN(c3nc4ccccc4o3)CC2)cc1C. The van der Waals surface area contributed by atoms with Crippen LogP contribution in [0.1, 0.15) is 16.7 Å². The van der Waals surface area contributed by atoms with Crippen molar-refractivity contribution in [3.63, 3.8) is 0 Å². The van der Waals surface area contributed by atoms with Crippen LogP contribution in [0.25, 0.3) is 22.4 Å². The van der Waals surface area contributed by atoms with Crippen LogP contribution < -0.4 is 4.90 Å². The quantitative estimate of drug-likeness (QED) is 0.570. The minimum atomic E-state index is 0.727. The zero-order valence-corrected chi connectivity index (χ0v) is 16.9. The molecule has 29 heavy (non-hydrogen) atoms. The first-order chi connectivity index (χ1) is 14.2. The number of aryl methyl sites for hydroxylation is 2. The van der Waals surface area contributed by atoms with Crippen molar-refractivity contribution in [1.82, 2.24) is 20.1 Å². The van der Waals surface area contributed by atoms with Gasteiger partial charge in [-0.25, -0.2) is 0 Å². The van der Waals surface area contributed by atoms with E-state index >= 15 is 0 Å². The van der Waals surface area contributed by atoms with Crippen LogP contribution >= 0.6 is 0 Å². The maximum atomic E-state index is 5.93. The summed E-state index contributed by atoms with van der Waals surface area (Å²) in [4.78, 5) is 9.33. The lowest BCUT2D eigenvalue weighted by molar-refractivity contribution is 0.246. The second-order valence-corrected chi connectivity index (χ2v) is 7.80. The molecule has 3 heterocycles. The number of benzene rings is 2. The van der Waals surface area contributed by atoms with Gasteiger partial charge in [-0.3, -0.25) is 10.00 Å². The number of anilines is 1. The zero-order chi connectivity index (χ0) is 19.8. The molecule has 0 atom stereocenters. The lowest BCUT2D eigenvalue weighted by Crippen LogP contribution is -2.46. The Labute approximate surface area is 170 Å². The van der Waals surface area contributed by atoms with E-state index in [2.05, 4.69) is 57.0 Å². The molecule has 6 heteroatoms. The van der Waals surface area contributed by atoms with Crippen molar-refractivity contribution in [2.24, 2.45) is 0 Å². The number of para-hydroxylation sites is 2. The Morgan fingerprint density at radius 1 is 1.00 bits per heavy atom. The summed E-state index contributed by atoms with van der Waals surface area (Å²) < 4.78 is 5.93. The van der Waals surface area contributed by atoms with Gasteiger partial charge in [-0.05, 0) is 43.2 Å². The average molecular weight is 387 g/mol. The molecule has 1 N–H and O–H groups in total. The summed E-state index contributed by atoms with van der Waals surface area (Å²) in [5.74, 6) is 0. The number of aromatic amines is 1. The Bertz CT molecular complexity index is 1100. The number of nitrogens with zero attached hydrogens (tertiary/aromatic N) is 4. The molecule has 1 aliphatic heterocycles. The van der Waals surface area contributed by atoms with Crippen LogP contribution in [0.5, 0.6) is 0 Å². The molecule has 5 rings (SSSR count). The van der Waals surface area contributed by atoms with Crippen molar-refractivity contribution < 1.29 is 4.42 Å².